The number of rotatable bonds is 3. The lowest BCUT2D eigenvalue weighted by Crippen LogP contribution is -2.25. The van der Waals surface area contributed by atoms with E-state index in [-0.39, 0.29) is 17.9 Å². The van der Waals surface area contributed by atoms with E-state index >= 15 is 0 Å². The number of hydrogen-bond donors (Lipinski definition) is 1. The van der Waals surface area contributed by atoms with Crippen LogP contribution in [0.1, 0.15) is 12.8 Å². The van der Waals surface area contributed by atoms with Crippen molar-refractivity contribution in [1.82, 2.24) is 5.32 Å². The first-order valence-electron chi connectivity index (χ1n) is 4.83. The van der Waals surface area contributed by atoms with E-state index in [0.29, 0.717) is 13.2 Å². The Morgan fingerprint density at radius 1 is 1.54 bits per heavy atom. The Morgan fingerprint density at radius 2 is 2.46 bits per heavy atom. The maximum absolute atomic E-state index is 11.2. The molecule has 2 fully saturated rings. The molecule has 4 heteroatoms. The van der Waals surface area contributed by atoms with Crippen molar-refractivity contribution in [2.75, 3.05) is 26.4 Å². The van der Waals surface area contributed by atoms with Gasteiger partial charge >= 0.3 is 0 Å². The number of nitrogens with one attached hydrogen (secondary N) is 1. The van der Waals surface area contributed by atoms with E-state index in [1.807, 2.05) is 0 Å². The largest absolute Gasteiger partial charge is 0.379 e. The Hall–Kier alpha value is -0.610. The van der Waals surface area contributed by atoms with Crippen LogP contribution in [0.15, 0.2) is 0 Å². The zero-order valence-corrected chi connectivity index (χ0v) is 7.62. The van der Waals surface area contributed by atoms with Gasteiger partial charge in [-0.3, -0.25) is 4.79 Å². The average Bonchev–Trinajstić information content (AvgIpc) is 2.72. The second kappa shape index (κ2) is 4.07. The van der Waals surface area contributed by atoms with Crippen LogP contribution in [0.3, 0.4) is 0 Å². The van der Waals surface area contributed by atoms with Gasteiger partial charge in [0.05, 0.1) is 25.2 Å². The van der Waals surface area contributed by atoms with Crippen LogP contribution < -0.4 is 5.32 Å². The quantitative estimate of drug-likeness (QED) is 0.669. The second-order valence-electron chi connectivity index (χ2n) is 3.60. The van der Waals surface area contributed by atoms with E-state index in [1.54, 1.807) is 0 Å². The van der Waals surface area contributed by atoms with E-state index in [4.69, 9.17) is 9.47 Å². The second-order valence-corrected chi connectivity index (χ2v) is 3.60. The van der Waals surface area contributed by atoms with Gasteiger partial charge in [-0.1, -0.05) is 0 Å². The molecule has 2 aliphatic heterocycles. The van der Waals surface area contributed by atoms with E-state index in [1.165, 1.54) is 0 Å². The van der Waals surface area contributed by atoms with Crippen molar-refractivity contribution in [2.45, 2.75) is 18.9 Å². The molecule has 1 amide bonds. The summed E-state index contributed by atoms with van der Waals surface area (Å²) in [7, 11) is 0. The highest BCUT2D eigenvalue weighted by Gasteiger charge is 2.26. The van der Waals surface area contributed by atoms with Gasteiger partial charge in [0.25, 0.3) is 0 Å². The molecule has 13 heavy (non-hydrogen) atoms. The third-order valence-corrected chi connectivity index (χ3v) is 2.58. The predicted molar refractivity (Wildman–Crippen MR) is 46.3 cm³/mol. The molecule has 0 radical (unpaired) electrons. The minimum atomic E-state index is 0.0700. The van der Waals surface area contributed by atoms with Crippen LogP contribution in [0.25, 0.3) is 0 Å². The summed E-state index contributed by atoms with van der Waals surface area (Å²) in [5.74, 6) is 0.208. The predicted octanol–water partition coefficient (Wildman–Crippen LogP) is -0.0720. The van der Waals surface area contributed by atoms with E-state index in [9.17, 15) is 4.79 Å². The summed E-state index contributed by atoms with van der Waals surface area (Å²) in [4.78, 5) is 11.2. The first-order valence-corrected chi connectivity index (χ1v) is 4.83. The molecule has 0 saturated carbocycles. The number of carbonyl (C=O) groups excluding carboxylic acids is 1. The SMILES string of the molecule is O=C1NCCC1COC1CCOC1. The smallest absolute Gasteiger partial charge is 0.225 e. The Morgan fingerprint density at radius 3 is 3.08 bits per heavy atom. The zero-order chi connectivity index (χ0) is 9.10. The fourth-order valence-corrected chi connectivity index (χ4v) is 1.70. The summed E-state index contributed by atoms with van der Waals surface area (Å²) in [6, 6.07) is 0. The lowest BCUT2D eigenvalue weighted by molar-refractivity contribution is -0.124. The third-order valence-electron chi connectivity index (χ3n) is 2.58. The number of hydrogen-bond acceptors (Lipinski definition) is 3. The molecule has 2 saturated heterocycles. The van der Waals surface area contributed by atoms with Gasteiger partial charge in [0.1, 0.15) is 0 Å². The minimum absolute atomic E-state index is 0.0700. The van der Waals surface area contributed by atoms with Crippen LogP contribution in [0.4, 0.5) is 0 Å². The van der Waals surface area contributed by atoms with Crippen molar-refractivity contribution in [3.05, 3.63) is 0 Å². The molecule has 2 aliphatic rings. The van der Waals surface area contributed by atoms with Gasteiger partial charge in [0.15, 0.2) is 0 Å². The Bertz CT molecular complexity index is 189. The average molecular weight is 185 g/mol. The first kappa shape index (κ1) is 8.97. The van der Waals surface area contributed by atoms with Crippen LogP contribution in [-0.4, -0.2) is 38.4 Å². The summed E-state index contributed by atoms with van der Waals surface area (Å²) >= 11 is 0. The van der Waals surface area contributed by atoms with Gasteiger partial charge in [0.2, 0.25) is 5.91 Å². The highest BCUT2D eigenvalue weighted by Crippen LogP contribution is 2.14. The van der Waals surface area contributed by atoms with Crippen LogP contribution in [-0.2, 0) is 14.3 Å². The van der Waals surface area contributed by atoms with Gasteiger partial charge in [0, 0.05) is 13.2 Å². The number of carbonyl (C=O) groups is 1. The highest BCUT2D eigenvalue weighted by molar-refractivity contribution is 5.80. The molecular weight excluding hydrogens is 170 g/mol. The molecule has 0 aliphatic carbocycles. The first-order chi connectivity index (χ1) is 6.36. The van der Waals surface area contributed by atoms with Crippen LogP contribution in [0.5, 0.6) is 0 Å². The van der Waals surface area contributed by atoms with Gasteiger partial charge < -0.3 is 14.8 Å². The number of amides is 1. The molecule has 4 nitrogen and oxygen atoms in total. The molecule has 74 valence electrons. The maximum atomic E-state index is 11.2. The summed E-state index contributed by atoms with van der Waals surface area (Å²) in [5.41, 5.74) is 0. The molecule has 0 spiro atoms. The molecule has 1 N–H and O–H groups in total. The zero-order valence-electron chi connectivity index (χ0n) is 7.62. The van der Waals surface area contributed by atoms with Gasteiger partial charge in [-0.15, -0.1) is 0 Å². The third kappa shape index (κ3) is 2.19. The van der Waals surface area contributed by atoms with E-state index in [0.717, 1.165) is 26.0 Å². The van der Waals surface area contributed by atoms with Crippen molar-refractivity contribution >= 4 is 5.91 Å². The van der Waals surface area contributed by atoms with Crippen molar-refractivity contribution in [3.8, 4) is 0 Å². The summed E-state index contributed by atoms with van der Waals surface area (Å²) in [5, 5.41) is 2.79. The van der Waals surface area contributed by atoms with E-state index < -0.39 is 0 Å². The molecule has 2 heterocycles. The van der Waals surface area contributed by atoms with Crippen LogP contribution in [0.2, 0.25) is 0 Å². The van der Waals surface area contributed by atoms with E-state index in [2.05, 4.69) is 5.32 Å². The van der Waals surface area contributed by atoms with Crippen molar-refractivity contribution in [2.24, 2.45) is 5.92 Å². The summed E-state index contributed by atoms with van der Waals surface area (Å²) < 4.78 is 10.7. The molecule has 2 atom stereocenters. The molecule has 0 aromatic rings. The number of ether oxygens (including phenoxy) is 2. The van der Waals surface area contributed by atoms with Gasteiger partial charge in [-0.05, 0) is 12.8 Å². The molecule has 2 rings (SSSR count). The molecule has 0 aromatic carbocycles. The monoisotopic (exact) mass is 185 g/mol. The molecule has 2 unspecified atom stereocenters. The van der Waals surface area contributed by atoms with Crippen LogP contribution >= 0.6 is 0 Å². The maximum Gasteiger partial charge on any atom is 0.225 e. The summed E-state index contributed by atoms with van der Waals surface area (Å²) in [6.45, 7) is 2.84. The Kier molecular flexibility index (Phi) is 2.80. The van der Waals surface area contributed by atoms with Crippen LogP contribution in [0, 0.1) is 5.92 Å². The molecule has 0 aromatic heterocycles. The topological polar surface area (TPSA) is 47.6 Å². The Labute approximate surface area is 77.6 Å². The lowest BCUT2D eigenvalue weighted by Gasteiger charge is -2.12. The molecule has 0 bridgehead atoms. The molecular formula is C9H15NO3. The fraction of sp³-hybridized carbons (Fsp3) is 0.889. The minimum Gasteiger partial charge on any atom is -0.379 e. The van der Waals surface area contributed by atoms with Gasteiger partial charge in [-0.2, -0.15) is 0 Å². The van der Waals surface area contributed by atoms with Crippen molar-refractivity contribution in [1.29, 1.82) is 0 Å². The normalized spacial score (nSPS) is 33.7. The Balaban J connectivity index is 1.69. The fourth-order valence-electron chi connectivity index (χ4n) is 1.70. The lowest BCUT2D eigenvalue weighted by atomic mass is 10.1. The highest BCUT2D eigenvalue weighted by atomic mass is 16.5. The summed E-state index contributed by atoms with van der Waals surface area (Å²) in [6.07, 6.45) is 2.09. The van der Waals surface area contributed by atoms with Gasteiger partial charge in [-0.25, -0.2) is 0 Å². The van der Waals surface area contributed by atoms with Crippen molar-refractivity contribution < 1.29 is 14.3 Å². The standard InChI is InChI=1S/C9H15NO3/c11-9-7(1-3-10-9)5-13-8-2-4-12-6-8/h7-8H,1-6H2,(H,10,11). The van der Waals surface area contributed by atoms with Crippen molar-refractivity contribution in [3.63, 3.8) is 0 Å².